The predicted molar refractivity (Wildman–Crippen MR) is 34.6 cm³/mol. The molecule has 52 valence electrons. The number of hydrogen-bond acceptors (Lipinski definition) is 2. The SMILES string of the molecule is CCC(=COC)C(N)=O. The Kier molecular flexibility index (Phi) is 3.51. The molecular weight excluding hydrogens is 118 g/mol. The molecule has 0 aliphatic carbocycles. The van der Waals surface area contributed by atoms with E-state index in [4.69, 9.17) is 5.73 Å². The maximum atomic E-state index is 10.4. The van der Waals surface area contributed by atoms with Crippen molar-refractivity contribution in [3.8, 4) is 0 Å². The molecule has 0 saturated carbocycles. The molecule has 0 aliphatic heterocycles. The van der Waals surface area contributed by atoms with Crippen molar-refractivity contribution >= 4 is 5.91 Å². The average Bonchev–Trinajstić information content (AvgIpc) is 1.82. The van der Waals surface area contributed by atoms with Gasteiger partial charge in [0.25, 0.3) is 0 Å². The van der Waals surface area contributed by atoms with Crippen molar-refractivity contribution in [2.24, 2.45) is 5.73 Å². The lowest BCUT2D eigenvalue weighted by Gasteiger charge is -1.95. The summed E-state index contributed by atoms with van der Waals surface area (Å²) in [5.74, 6) is -0.417. The number of amides is 1. The average molecular weight is 129 g/mol. The zero-order valence-electron chi connectivity index (χ0n) is 5.68. The molecule has 0 radical (unpaired) electrons. The van der Waals surface area contributed by atoms with E-state index in [9.17, 15) is 4.79 Å². The fraction of sp³-hybridized carbons (Fsp3) is 0.500. The molecule has 0 saturated heterocycles. The standard InChI is InChI=1S/C6H11NO2/c1-3-5(4-9-2)6(7)8/h4H,3H2,1-2H3,(H2,7,8). The molecule has 0 atom stereocenters. The van der Waals surface area contributed by atoms with Gasteiger partial charge in [-0.2, -0.15) is 0 Å². The van der Waals surface area contributed by atoms with Gasteiger partial charge in [0.05, 0.1) is 18.9 Å². The van der Waals surface area contributed by atoms with E-state index in [2.05, 4.69) is 4.74 Å². The molecule has 0 rings (SSSR count). The molecule has 2 N–H and O–H groups in total. The minimum absolute atomic E-state index is 0.417. The van der Waals surface area contributed by atoms with E-state index in [-0.39, 0.29) is 0 Å². The summed E-state index contributed by atoms with van der Waals surface area (Å²) in [6, 6.07) is 0. The van der Waals surface area contributed by atoms with Gasteiger partial charge in [0.1, 0.15) is 0 Å². The Morgan fingerprint density at radius 3 is 2.44 bits per heavy atom. The van der Waals surface area contributed by atoms with E-state index in [1.54, 1.807) is 0 Å². The van der Waals surface area contributed by atoms with Gasteiger partial charge in [-0.15, -0.1) is 0 Å². The third-order valence-electron chi connectivity index (χ3n) is 0.958. The second-order valence-electron chi connectivity index (χ2n) is 1.60. The molecule has 0 fully saturated rings. The Bertz CT molecular complexity index is 129. The molecule has 0 heterocycles. The van der Waals surface area contributed by atoms with Crippen LogP contribution in [0, 0.1) is 0 Å². The van der Waals surface area contributed by atoms with Crippen molar-refractivity contribution in [2.75, 3.05) is 7.11 Å². The van der Waals surface area contributed by atoms with Crippen LogP contribution in [0.3, 0.4) is 0 Å². The van der Waals surface area contributed by atoms with Gasteiger partial charge in [-0.1, -0.05) is 6.92 Å². The van der Waals surface area contributed by atoms with Gasteiger partial charge in [0.15, 0.2) is 0 Å². The fourth-order valence-corrected chi connectivity index (χ4v) is 0.458. The Morgan fingerprint density at radius 2 is 2.33 bits per heavy atom. The first-order valence-corrected chi connectivity index (χ1v) is 2.74. The van der Waals surface area contributed by atoms with Crippen LogP contribution in [0.2, 0.25) is 0 Å². The van der Waals surface area contributed by atoms with E-state index in [1.807, 2.05) is 6.92 Å². The summed E-state index contributed by atoms with van der Waals surface area (Å²) in [6.07, 6.45) is 1.98. The Balaban J connectivity index is 3.98. The second kappa shape index (κ2) is 3.95. The smallest absolute Gasteiger partial charge is 0.247 e. The summed E-state index contributed by atoms with van der Waals surface area (Å²) in [7, 11) is 1.48. The lowest BCUT2D eigenvalue weighted by atomic mass is 10.2. The highest BCUT2D eigenvalue weighted by atomic mass is 16.5. The maximum absolute atomic E-state index is 10.4. The summed E-state index contributed by atoms with van der Waals surface area (Å²) in [4.78, 5) is 10.4. The zero-order valence-corrected chi connectivity index (χ0v) is 5.68. The number of rotatable bonds is 3. The molecule has 0 aliphatic rings. The first kappa shape index (κ1) is 8.01. The van der Waals surface area contributed by atoms with Crippen LogP contribution >= 0.6 is 0 Å². The molecule has 0 unspecified atom stereocenters. The van der Waals surface area contributed by atoms with E-state index in [0.29, 0.717) is 12.0 Å². The molecule has 0 aromatic rings. The Labute approximate surface area is 54.5 Å². The van der Waals surface area contributed by atoms with Crippen molar-refractivity contribution in [1.82, 2.24) is 0 Å². The first-order chi connectivity index (χ1) is 4.22. The number of nitrogens with two attached hydrogens (primary N) is 1. The number of carbonyl (C=O) groups is 1. The minimum atomic E-state index is -0.417. The predicted octanol–water partition coefficient (Wildman–Crippen LogP) is 0.412. The summed E-state index contributed by atoms with van der Waals surface area (Å²) in [5, 5.41) is 0. The Hall–Kier alpha value is -0.990. The van der Waals surface area contributed by atoms with Gasteiger partial charge < -0.3 is 10.5 Å². The molecule has 0 aromatic carbocycles. The zero-order chi connectivity index (χ0) is 7.28. The maximum Gasteiger partial charge on any atom is 0.247 e. The minimum Gasteiger partial charge on any atom is -0.504 e. The Morgan fingerprint density at radius 1 is 1.78 bits per heavy atom. The van der Waals surface area contributed by atoms with Crippen LogP contribution in [0.25, 0.3) is 0 Å². The molecule has 0 aromatic heterocycles. The third-order valence-corrected chi connectivity index (χ3v) is 0.958. The molecule has 3 heteroatoms. The molecule has 0 spiro atoms. The summed E-state index contributed by atoms with van der Waals surface area (Å²) >= 11 is 0. The van der Waals surface area contributed by atoms with Gasteiger partial charge >= 0.3 is 0 Å². The third kappa shape index (κ3) is 2.74. The van der Waals surface area contributed by atoms with E-state index < -0.39 is 5.91 Å². The van der Waals surface area contributed by atoms with Gasteiger partial charge in [0, 0.05) is 0 Å². The number of methoxy groups -OCH3 is 1. The highest BCUT2D eigenvalue weighted by Gasteiger charge is 1.99. The van der Waals surface area contributed by atoms with Gasteiger partial charge in [0.2, 0.25) is 5.91 Å². The van der Waals surface area contributed by atoms with Crippen molar-refractivity contribution in [2.45, 2.75) is 13.3 Å². The van der Waals surface area contributed by atoms with E-state index in [1.165, 1.54) is 13.4 Å². The summed E-state index contributed by atoms with van der Waals surface area (Å²) < 4.78 is 4.59. The molecule has 1 amide bonds. The lowest BCUT2D eigenvalue weighted by molar-refractivity contribution is -0.114. The first-order valence-electron chi connectivity index (χ1n) is 2.74. The number of hydrogen-bond donors (Lipinski definition) is 1. The van der Waals surface area contributed by atoms with Crippen molar-refractivity contribution < 1.29 is 9.53 Å². The van der Waals surface area contributed by atoms with Crippen molar-refractivity contribution in [3.63, 3.8) is 0 Å². The second-order valence-corrected chi connectivity index (χ2v) is 1.60. The van der Waals surface area contributed by atoms with Crippen LogP contribution in [-0.2, 0) is 9.53 Å². The van der Waals surface area contributed by atoms with E-state index in [0.717, 1.165) is 0 Å². The van der Waals surface area contributed by atoms with Crippen LogP contribution in [0.4, 0.5) is 0 Å². The quantitative estimate of drug-likeness (QED) is 0.443. The van der Waals surface area contributed by atoms with Gasteiger partial charge in [-0.05, 0) is 6.42 Å². The number of ether oxygens (including phenoxy) is 1. The van der Waals surface area contributed by atoms with Crippen LogP contribution in [0.1, 0.15) is 13.3 Å². The van der Waals surface area contributed by atoms with Gasteiger partial charge in [-0.3, -0.25) is 4.79 Å². The lowest BCUT2D eigenvalue weighted by Crippen LogP contribution is -2.13. The van der Waals surface area contributed by atoms with Crippen LogP contribution in [0.5, 0.6) is 0 Å². The normalized spacial score (nSPS) is 11.1. The van der Waals surface area contributed by atoms with Gasteiger partial charge in [-0.25, -0.2) is 0 Å². The summed E-state index contributed by atoms with van der Waals surface area (Å²) in [5.41, 5.74) is 5.46. The highest BCUT2D eigenvalue weighted by Crippen LogP contribution is 1.97. The highest BCUT2D eigenvalue weighted by molar-refractivity contribution is 5.91. The van der Waals surface area contributed by atoms with Crippen LogP contribution in [0.15, 0.2) is 11.8 Å². The van der Waals surface area contributed by atoms with Crippen molar-refractivity contribution in [1.29, 1.82) is 0 Å². The van der Waals surface area contributed by atoms with E-state index >= 15 is 0 Å². The molecule has 9 heavy (non-hydrogen) atoms. The topological polar surface area (TPSA) is 52.3 Å². The molecule has 3 nitrogen and oxygen atoms in total. The molecule has 0 bridgehead atoms. The molecular formula is C6H11NO2. The monoisotopic (exact) mass is 129 g/mol. The van der Waals surface area contributed by atoms with Crippen molar-refractivity contribution in [3.05, 3.63) is 11.8 Å². The van der Waals surface area contributed by atoms with Crippen LogP contribution < -0.4 is 5.73 Å². The fourth-order valence-electron chi connectivity index (χ4n) is 0.458. The largest absolute Gasteiger partial charge is 0.504 e. The summed E-state index contributed by atoms with van der Waals surface area (Å²) in [6.45, 7) is 1.84. The number of carbonyl (C=O) groups excluding carboxylic acids is 1. The van der Waals surface area contributed by atoms with Crippen LogP contribution in [-0.4, -0.2) is 13.0 Å². The number of primary amides is 1.